The number of rotatable bonds is 14. The zero-order valence-electron chi connectivity index (χ0n) is 30.9. The molecule has 0 aliphatic heterocycles. The van der Waals surface area contributed by atoms with Crippen LogP contribution in [0.1, 0.15) is 40.9 Å². The van der Waals surface area contributed by atoms with E-state index >= 15 is 0 Å². The molecule has 17 heteroatoms. The van der Waals surface area contributed by atoms with Crippen molar-refractivity contribution >= 4 is 29.8 Å². The van der Waals surface area contributed by atoms with Crippen molar-refractivity contribution in [1.82, 2.24) is 19.1 Å². The molecule has 0 saturated heterocycles. The maximum absolute atomic E-state index is 13.5. The first-order valence-corrected chi connectivity index (χ1v) is 18.5. The zero-order chi connectivity index (χ0) is 41.7. The van der Waals surface area contributed by atoms with Gasteiger partial charge in [0.2, 0.25) is 0 Å². The first-order valence-electron chi connectivity index (χ1n) is 17.5. The lowest BCUT2D eigenvalue weighted by Gasteiger charge is -2.15. The minimum absolute atomic E-state index is 0.176. The molecule has 0 bridgehead atoms. The van der Waals surface area contributed by atoms with E-state index in [1.165, 1.54) is 46.8 Å². The summed E-state index contributed by atoms with van der Waals surface area (Å²) < 4.78 is 67.6. The van der Waals surface area contributed by atoms with Gasteiger partial charge in [-0.15, -0.1) is 13.2 Å². The maximum atomic E-state index is 13.5. The zero-order valence-corrected chi connectivity index (χ0v) is 31.8. The molecule has 0 saturated carbocycles. The lowest BCUT2D eigenvalue weighted by atomic mass is 10.1. The number of thioether (sulfide) groups is 1. The number of anilines is 1. The molecule has 6 aromatic rings. The van der Waals surface area contributed by atoms with Gasteiger partial charge in [0.25, 0.3) is 17.9 Å². The van der Waals surface area contributed by atoms with Gasteiger partial charge in [-0.2, -0.15) is 4.98 Å². The summed E-state index contributed by atoms with van der Waals surface area (Å²) in [5.74, 6) is -0.0362. The number of carbonyl (C=O) groups is 2. The van der Waals surface area contributed by atoms with Crippen LogP contribution in [0.25, 0.3) is 5.69 Å². The lowest BCUT2D eigenvalue weighted by Crippen LogP contribution is -2.23. The number of halogens is 4. The predicted molar refractivity (Wildman–Crippen MR) is 208 cm³/mol. The fraction of sp³-hybridized carbons (Fsp3) is 0.171. The van der Waals surface area contributed by atoms with E-state index in [2.05, 4.69) is 24.8 Å². The molecule has 0 aliphatic rings. The first kappa shape index (κ1) is 42.4. The Morgan fingerprint density at radius 2 is 1.48 bits per heavy atom. The second kappa shape index (κ2) is 19.9. The van der Waals surface area contributed by atoms with E-state index in [9.17, 15) is 36.7 Å². The third kappa shape index (κ3) is 12.4. The molecule has 1 N–H and O–H groups in total. The molecule has 0 aliphatic carbocycles. The highest BCUT2D eigenvalue weighted by molar-refractivity contribution is 7.98. The molecule has 6 rings (SSSR count). The van der Waals surface area contributed by atoms with E-state index in [0.717, 1.165) is 17.7 Å². The summed E-state index contributed by atoms with van der Waals surface area (Å²) in [6, 6.07) is 24.1. The van der Waals surface area contributed by atoms with Crippen molar-refractivity contribution in [3.63, 3.8) is 0 Å². The molecule has 0 fully saturated rings. The normalized spacial score (nSPS) is 10.9. The van der Waals surface area contributed by atoms with Crippen LogP contribution in [0.4, 0.5) is 23.2 Å². The number of aryl methyl sites for hydroxylation is 1. The lowest BCUT2D eigenvalue weighted by molar-refractivity contribution is -0.274. The van der Waals surface area contributed by atoms with E-state index in [4.69, 9.17) is 4.74 Å². The number of nitrogens with one attached hydrogen (secondary N) is 1. The minimum atomic E-state index is -4.79. The molecule has 2 heterocycles. The Labute approximate surface area is 333 Å². The Morgan fingerprint density at radius 3 is 2.07 bits per heavy atom. The molecule has 300 valence electrons. The summed E-state index contributed by atoms with van der Waals surface area (Å²) in [5.41, 5.74) is 2.45. The quantitative estimate of drug-likeness (QED) is 0.0498. The van der Waals surface area contributed by atoms with Crippen LogP contribution in [0.3, 0.4) is 0 Å². The van der Waals surface area contributed by atoms with Gasteiger partial charge in [-0.05, 0) is 110 Å². The van der Waals surface area contributed by atoms with Gasteiger partial charge in [0.1, 0.15) is 23.1 Å². The summed E-state index contributed by atoms with van der Waals surface area (Å²) in [6.45, 7) is 4.90. The molecule has 1 amide bonds. The largest absolute Gasteiger partial charge is 0.573 e. The molecule has 4 aromatic carbocycles. The van der Waals surface area contributed by atoms with Crippen LogP contribution in [-0.4, -0.2) is 44.5 Å². The van der Waals surface area contributed by atoms with Crippen LogP contribution in [0, 0.1) is 5.82 Å². The molecule has 58 heavy (non-hydrogen) atoms. The number of nitrogens with zero attached hydrogens (tertiary/aromatic N) is 4. The fourth-order valence-electron chi connectivity index (χ4n) is 5.15. The van der Waals surface area contributed by atoms with Crippen LogP contribution >= 0.6 is 11.8 Å². The Morgan fingerprint density at radius 1 is 0.845 bits per heavy atom. The standard InChI is InChI=1S/C38H29F4N5O5S.C3H6O2/c1-2-46-21-25(20-43-36(46)50)19-27-22-47(37(45-35(27)49)53-23-24-3-7-28(39)8-4-24)30-11-5-26(6-12-30)34(48)44-29-9-13-31(14-10-29)51-32-15-17-33(18-16-32)52-38(40,41)42;1-2-5-3-4/h3-18,20-22H,2,19,23H2,1H3,(H,44,48);3H,2H2,1H3. The SMILES string of the molecule is CCOC=O.CCn1cc(Cc2cn(-c3ccc(C(=O)Nc4ccc(Oc5ccc(OC(F)(F)F)cc5)cc4)cc3)c(SCc3ccc(F)cc3)nc2=O)cnc1=O. The summed E-state index contributed by atoms with van der Waals surface area (Å²) in [4.78, 5) is 55.8. The first-order chi connectivity index (χ1) is 27.8. The highest BCUT2D eigenvalue weighted by Crippen LogP contribution is 2.29. The van der Waals surface area contributed by atoms with Gasteiger partial charge >= 0.3 is 12.1 Å². The van der Waals surface area contributed by atoms with Crippen molar-refractivity contribution in [1.29, 1.82) is 0 Å². The summed E-state index contributed by atoms with van der Waals surface area (Å²) in [7, 11) is 0. The number of hydrogen-bond acceptors (Lipinski definition) is 10. The molecule has 0 atom stereocenters. The number of carbonyl (C=O) groups excluding carboxylic acids is 2. The summed E-state index contributed by atoms with van der Waals surface area (Å²) in [6.07, 6.45) is 0.144. The number of benzene rings is 4. The molecular formula is C41H35F4N5O7S. The van der Waals surface area contributed by atoms with Gasteiger partial charge in [-0.25, -0.2) is 14.2 Å². The van der Waals surface area contributed by atoms with E-state index in [1.54, 1.807) is 84.5 Å². The minimum Gasteiger partial charge on any atom is -0.468 e. The second-order valence-electron chi connectivity index (χ2n) is 12.0. The van der Waals surface area contributed by atoms with E-state index < -0.39 is 17.8 Å². The molecule has 0 unspecified atom stereocenters. The van der Waals surface area contributed by atoms with E-state index in [-0.39, 0.29) is 29.4 Å². The van der Waals surface area contributed by atoms with Gasteiger partial charge in [0.15, 0.2) is 5.16 Å². The predicted octanol–water partition coefficient (Wildman–Crippen LogP) is 7.95. The summed E-state index contributed by atoms with van der Waals surface area (Å²) >= 11 is 1.29. The third-order valence-corrected chi connectivity index (χ3v) is 8.96. The summed E-state index contributed by atoms with van der Waals surface area (Å²) in [5, 5.41) is 3.19. The Bertz CT molecular complexity index is 2420. The average molecular weight is 818 g/mol. The fourth-order valence-corrected chi connectivity index (χ4v) is 6.08. The van der Waals surface area contributed by atoms with Crippen LogP contribution in [0.15, 0.2) is 130 Å². The number of alkyl halides is 3. The average Bonchev–Trinajstić information content (AvgIpc) is 3.20. The van der Waals surface area contributed by atoms with Gasteiger partial charge in [-0.3, -0.25) is 23.5 Å². The highest BCUT2D eigenvalue weighted by atomic mass is 32.2. The third-order valence-electron chi connectivity index (χ3n) is 7.94. The van der Waals surface area contributed by atoms with Crippen molar-refractivity contribution in [3.8, 4) is 22.9 Å². The van der Waals surface area contributed by atoms with Crippen molar-refractivity contribution < 1.29 is 41.4 Å². The van der Waals surface area contributed by atoms with Crippen molar-refractivity contribution in [2.24, 2.45) is 0 Å². The maximum Gasteiger partial charge on any atom is 0.573 e. The Balaban J connectivity index is 0.00000121. The molecule has 2 aromatic heterocycles. The number of ether oxygens (including phenoxy) is 3. The number of amides is 1. The van der Waals surface area contributed by atoms with Crippen molar-refractivity contribution in [3.05, 3.63) is 165 Å². The van der Waals surface area contributed by atoms with Gasteiger partial charge < -0.3 is 19.5 Å². The van der Waals surface area contributed by atoms with Gasteiger partial charge in [0.05, 0.1) is 6.61 Å². The number of hydrogen-bond donors (Lipinski definition) is 1. The monoisotopic (exact) mass is 817 g/mol. The van der Waals surface area contributed by atoms with E-state index in [0.29, 0.717) is 64.3 Å². The molecule has 0 spiro atoms. The van der Waals surface area contributed by atoms with Crippen LogP contribution in [0.2, 0.25) is 0 Å². The molecule has 0 radical (unpaired) electrons. The second-order valence-corrected chi connectivity index (χ2v) is 13.0. The van der Waals surface area contributed by atoms with E-state index in [1.807, 2.05) is 6.92 Å². The van der Waals surface area contributed by atoms with Crippen LogP contribution < -0.4 is 26.0 Å². The van der Waals surface area contributed by atoms with Gasteiger partial charge in [0, 0.05) is 59.8 Å². The smallest absolute Gasteiger partial charge is 0.468 e. The Hall–Kier alpha value is -6.75. The highest BCUT2D eigenvalue weighted by Gasteiger charge is 2.31. The number of aromatic nitrogens is 4. The Kier molecular flexibility index (Phi) is 14.5. The molecule has 12 nitrogen and oxygen atoms in total. The van der Waals surface area contributed by atoms with Crippen LogP contribution in [0.5, 0.6) is 17.2 Å². The van der Waals surface area contributed by atoms with Gasteiger partial charge in [-0.1, -0.05) is 23.9 Å². The topological polar surface area (TPSA) is 144 Å². The van der Waals surface area contributed by atoms with Crippen molar-refractivity contribution in [2.75, 3.05) is 11.9 Å². The molecular weight excluding hydrogens is 783 g/mol. The van der Waals surface area contributed by atoms with Crippen molar-refractivity contribution in [2.45, 2.75) is 44.1 Å². The van der Waals surface area contributed by atoms with Crippen LogP contribution in [-0.2, 0) is 28.2 Å².